The number of carbonyl (C=O) groups is 1. The van der Waals surface area contributed by atoms with Gasteiger partial charge in [0.15, 0.2) is 5.17 Å². The standard InChI is InChI=1S/C15H11ClN2OS2/c1-9-6-7-20-12(9)8-13-14(19)18-15(21-13)17-11-4-2-10(16)3-5-11/h2-8H,1H3,(H,17,18,19)/b13-8+. The van der Waals surface area contributed by atoms with Crippen LogP contribution in [0.15, 0.2) is 45.6 Å². The Kier molecular flexibility index (Phi) is 4.14. The average Bonchev–Trinajstić information content (AvgIpc) is 3.00. The van der Waals surface area contributed by atoms with Crippen molar-refractivity contribution in [2.24, 2.45) is 4.99 Å². The predicted molar refractivity (Wildman–Crippen MR) is 91.3 cm³/mol. The largest absolute Gasteiger partial charge is 0.300 e. The van der Waals surface area contributed by atoms with Crippen LogP contribution in [0.5, 0.6) is 0 Å². The van der Waals surface area contributed by atoms with E-state index >= 15 is 0 Å². The number of benzene rings is 1. The van der Waals surface area contributed by atoms with Gasteiger partial charge in [-0.25, -0.2) is 4.99 Å². The number of nitrogens with zero attached hydrogens (tertiary/aromatic N) is 1. The van der Waals surface area contributed by atoms with Gasteiger partial charge in [0.05, 0.1) is 10.6 Å². The Balaban J connectivity index is 1.83. The Bertz CT molecular complexity index is 747. The Morgan fingerprint density at radius 2 is 2.00 bits per heavy atom. The minimum Gasteiger partial charge on any atom is -0.300 e. The molecule has 1 fully saturated rings. The quantitative estimate of drug-likeness (QED) is 0.815. The van der Waals surface area contributed by atoms with Crippen LogP contribution in [-0.4, -0.2) is 11.1 Å². The van der Waals surface area contributed by atoms with Gasteiger partial charge in [0.25, 0.3) is 5.91 Å². The summed E-state index contributed by atoms with van der Waals surface area (Å²) in [5.74, 6) is -0.111. The summed E-state index contributed by atoms with van der Waals surface area (Å²) in [6, 6.07) is 9.21. The molecule has 1 amide bonds. The summed E-state index contributed by atoms with van der Waals surface area (Å²) in [7, 11) is 0. The first kappa shape index (κ1) is 14.4. The highest BCUT2D eigenvalue weighted by Crippen LogP contribution is 2.30. The van der Waals surface area contributed by atoms with Crippen molar-refractivity contribution < 1.29 is 4.79 Å². The number of aliphatic imine (C=N–C) groups is 1. The van der Waals surface area contributed by atoms with E-state index in [0.29, 0.717) is 15.1 Å². The summed E-state index contributed by atoms with van der Waals surface area (Å²) >= 11 is 8.81. The van der Waals surface area contributed by atoms with Crippen LogP contribution in [0.4, 0.5) is 5.69 Å². The Hall–Kier alpha value is -1.56. The lowest BCUT2D eigenvalue weighted by atomic mass is 10.3. The topological polar surface area (TPSA) is 41.5 Å². The number of aryl methyl sites for hydroxylation is 1. The second kappa shape index (κ2) is 6.05. The molecule has 0 spiro atoms. The summed E-state index contributed by atoms with van der Waals surface area (Å²) in [6.07, 6.45) is 1.91. The maximum Gasteiger partial charge on any atom is 0.264 e. The van der Waals surface area contributed by atoms with E-state index in [4.69, 9.17) is 11.6 Å². The van der Waals surface area contributed by atoms with Gasteiger partial charge in [-0.3, -0.25) is 4.79 Å². The third-order valence-corrected chi connectivity index (χ3v) is 5.00. The van der Waals surface area contributed by atoms with Crippen LogP contribution in [0.3, 0.4) is 0 Å². The van der Waals surface area contributed by atoms with Crippen molar-refractivity contribution in [1.82, 2.24) is 5.32 Å². The molecule has 1 saturated heterocycles. The number of hydrogen-bond acceptors (Lipinski definition) is 4. The number of hydrogen-bond donors (Lipinski definition) is 1. The molecule has 6 heteroatoms. The van der Waals surface area contributed by atoms with Crippen LogP contribution in [0.25, 0.3) is 6.08 Å². The smallest absolute Gasteiger partial charge is 0.264 e. The fourth-order valence-corrected chi connectivity index (χ4v) is 3.65. The third kappa shape index (κ3) is 3.37. The Morgan fingerprint density at radius 1 is 1.24 bits per heavy atom. The second-order valence-electron chi connectivity index (χ2n) is 4.43. The maximum atomic E-state index is 12.0. The lowest BCUT2D eigenvalue weighted by Crippen LogP contribution is -2.19. The van der Waals surface area contributed by atoms with Crippen molar-refractivity contribution in [2.45, 2.75) is 6.92 Å². The van der Waals surface area contributed by atoms with E-state index in [0.717, 1.165) is 10.6 Å². The molecule has 3 nitrogen and oxygen atoms in total. The first-order chi connectivity index (χ1) is 10.1. The minimum atomic E-state index is -0.111. The van der Waals surface area contributed by atoms with E-state index in [1.165, 1.54) is 17.3 Å². The van der Waals surface area contributed by atoms with Gasteiger partial charge in [-0.05, 0) is 66.0 Å². The molecular formula is C15H11ClN2OS2. The summed E-state index contributed by atoms with van der Waals surface area (Å²) < 4.78 is 0. The first-order valence-electron chi connectivity index (χ1n) is 6.21. The molecule has 0 unspecified atom stereocenters. The number of halogens is 1. The van der Waals surface area contributed by atoms with Gasteiger partial charge >= 0.3 is 0 Å². The number of amidine groups is 1. The lowest BCUT2D eigenvalue weighted by Gasteiger charge is -1.96. The van der Waals surface area contributed by atoms with Gasteiger partial charge in [-0.15, -0.1) is 11.3 Å². The fraction of sp³-hybridized carbons (Fsp3) is 0.0667. The molecule has 1 aliphatic rings. The summed E-state index contributed by atoms with van der Waals surface area (Å²) in [5, 5.41) is 6.04. The number of amides is 1. The van der Waals surface area contributed by atoms with E-state index < -0.39 is 0 Å². The zero-order valence-electron chi connectivity index (χ0n) is 11.1. The highest BCUT2D eigenvalue weighted by molar-refractivity contribution is 8.18. The summed E-state index contributed by atoms with van der Waals surface area (Å²) in [5.41, 5.74) is 1.93. The van der Waals surface area contributed by atoms with Crippen LogP contribution >= 0.6 is 34.7 Å². The van der Waals surface area contributed by atoms with E-state index in [2.05, 4.69) is 10.3 Å². The van der Waals surface area contributed by atoms with Crippen LogP contribution < -0.4 is 5.32 Å². The van der Waals surface area contributed by atoms with Crippen LogP contribution in [0.1, 0.15) is 10.4 Å². The molecular weight excluding hydrogens is 324 g/mol. The summed E-state index contributed by atoms with van der Waals surface area (Å²) in [4.78, 5) is 18.1. The minimum absolute atomic E-state index is 0.111. The molecule has 2 aromatic rings. The fourth-order valence-electron chi connectivity index (χ4n) is 1.76. The molecule has 1 aromatic carbocycles. The molecule has 106 valence electrons. The molecule has 0 radical (unpaired) electrons. The SMILES string of the molecule is Cc1ccsc1/C=C1/SC(=Nc2ccc(Cl)cc2)NC1=O. The van der Waals surface area contributed by atoms with E-state index in [9.17, 15) is 4.79 Å². The normalized spacial score (nSPS) is 18.5. The van der Waals surface area contributed by atoms with Crippen LogP contribution in [-0.2, 0) is 4.79 Å². The molecule has 1 aliphatic heterocycles. The highest BCUT2D eigenvalue weighted by Gasteiger charge is 2.24. The van der Waals surface area contributed by atoms with Gasteiger partial charge in [-0.2, -0.15) is 0 Å². The van der Waals surface area contributed by atoms with Gasteiger partial charge in [0.2, 0.25) is 0 Å². The molecule has 1 N–H and O–H groups in total. The third-order valence-electron chi connectivity index (χ3n) is 2.87. The molecule has 0 saturated carbocycles. The van der Waals surface area contributed by atoms with E-state index in [1.807, 2.05) is 36.6 Å². The number of thioether (sulfide) groups is 1. The zero-order valence-corrected chi connectivity index (χ0v) is 13.5. The van der Waals surface area contributed by atoms with Gasteiger partial charge in [0, 0.05) is 9.90 Å². The Labute approximate surface area is 135 Å². The first-order valence-corrected chi connectivity index (χ1v) is 8.28. The monoisotopic (exact) mass is 334 g/mol. The van der Waals surface area contributed by atoms with Gasteiger partial charge in [-0.1, -0.05) is 11.6 Å². The number of rotatable bonds is 2. The molecule has 0 atom stereocenters. The number of thiophene rings is 1. The van der Waals surface area contributed by atoms with Crippen molar-refractivity contribution in [3.63, 3.8) is 0 Å². The predicted octanol–water partition coefficient (Wildman–Crippen LogP) is 4.60. The zero-order chi connectivity index (χ0) is 14.8. The van der Waals surface area contributed by atoms with E-state index in [-0.39, 0.29) is 5.91 Å². The van der Waals surface area contributed by atoms with Crippen molar-refractivity contribution in [1.29, 1.82) is 0 Å². The van der Waals surface area contributed by atoms with Gasteiger partial charge in [0.1, 0.15) is 0 Å². The van der Waals surface area contributed by atoms with Crippen molar-refractivity contribution in [2.75, 3.05) is 0 Å². The lowest BCUT2D eigenvalue weighted by molar-refractivity contribution is -0.115. The van der Waals surface area contributed by atoms with Gasteiger partial charge < -0.3 is 5.32 Å². The molecule has 0 bridgehead atoms. The van der Waals surface area contributed by atoms with Crippen molar-refractivity contribution >= 4 is 57.5 Å². The van der Waals surface area contributed by atoms with Crippen molar-refractivity contribution in [3.05, 3.63) is 56.1 Å². The number of carbonyl (C=O) groups excluding carboxylic acids is 1. The highest BCUT2D eigenvalue weighted by atomic mass is 35.5. The van der Waals surface area contributed by atoms with Crippen LogP contribution in [0, 0.1) is 6.92 Å². The average molecular weight is 335 g/mol. The molecule has 3 rings (SSSR count). The number of nitrogens with one attached hydrogen (secondary N) is 1. The van der Waals surface area contributed by atoms with E-state index in [1.54, 1.807) is 23.5 Å². The Morgan fingerprint density at radius 3 is 2.67 bits per heavy atom. The molecule has 21 heavy (non-hydrogen) atoms. The second-order valence-corrected chi connectivity index (χ2v) is 6.84. The molecule has 1 aromatic heterocycles. The van der Waals surface area contributed by atoms with Crippen molar-refractivity contribution in [3.8, 4) is 0 Å². The maximum absolute atomic E-state index is 12.0. The van der Waals surface area contributed by atoms with Crippen LogP contribution in [0.2, 0.25) is 5.02 Å². The summed E-state index contributed by atoms with van der Waals surface area (Å²) in [6.45, 7) is 2.03. The molecule has 2 heterocycles. The molecule has 0 aliphatic carbocycles.